The van der Waals surface area contributed by atoms with Gasteiger partial charge in [-0.25, -0.2) is 0 Å². The third-order valence-electron chi connectivity index (χ3n) is 2.39. The Morgan fingerprint density at radius 3 is 2.29 bits per heavy atom. The second-order valence-electron chi connectivity index (χ2n) is 3.54. The van der Waals surface area contributed by atoms with Gasteiger partial charge in [-0.2, -0.15) is 0 Å². The van der Waals surface area contributed by atoms with Gasteiger partial charge in [0.15, 0.2) is 6.29 Å². The molecule has 0 aliphatic rings. The molecule has 0 aliphatic heterocycles. The largest absolute Gasteiger partial charge is 0.366 e. The molecule has 2 rings (SSSR count). The first-order valence-corrected chi connectivity index (χ1v) is 5.02. The lowest BCUT2D eigenvalue weighted by molar-refractivity contribution is 0.1000. The van der Waals surface area contributed by atoms with Gasteiger partial charge >= 0.3 is 0 Å². The number of benzene rings is 1. The molecule has 1 aromatic heterocycles. The minimum absolute atomic E-state index is 0.457. The summed E-state index contributed by atoms with van der Waals surface area (Å²) in [5.41, 5.74) is 7.74. The number of aromatic nitrogens is 1. The number of hydrogen-bond donors (Lipinski definition) is 1. The van der Waals surface area contributed by atoms with E-state index in [2.05, 4.69) is 4.98 Å². The van der Waals surface area contributed by atoms with Crippen LogP contribution in [0.3, 0.4) is 0 Å². The van der Waals surface area contributed by atoms with Crippen molar-refractivity contribution < 1.29 is 9.59 Å². The number of primary amides is 1. The number of hydrogen-bond acceptors (Lipinski definition) is 3. The number of carbonyl (C=O) groups is 2. The number of carbonyl (C=O) groups excluding carboxylic acids is 2. The normalized spacial score (nSPS) is 9.88. The highest BCUT2D eigenvalue weighted by Gasteiger charge is 2.02. The summed E-state index contributed by atoms with van der Waals surface area (Å²) in [5.74, 6) is -0.458. The van der Waals surface area contributed by atoms with Crippen LogP contribution in [0.5, 0.6) is 0 Å². The molecule has 17 heavy (non-hydrogen) atoms. The van der Waals surface area contributed by atoms with Crippen LogP contribution in [-0.4, -0.2) is 17.2 Å². The molecule has 0 radical (unpaired) electrons. The topological polar surface area (TPSA) is 73.1 Å². The van der Waals surface area contributed by atoms with E-state index in [1.807, 2.05) is 0 Å². The van der Waals surface area contributed by atoms with Crippen molar-refractivity contribution in [2.24, 2.45) is 5.73 Å². The van der Waals surface area contributed by atoms with Gasteiger partial charge < -0.3 is 5.73 Å². The Bertz CT molecular complexity index is 545. The fourth-order valence-electron chi connectivity index (χ4n) is 1.45. The van der Waals surface area contributed by atoms with Gasteiger partial charge in [0.05, 0.1) is 5.69 Å². The van der Waals surface area contributed by atoms with Gasteiger partial charge in [0.2, 0.25) is 5.91 Å². The molecule has 0 aliphatic carbocycles. The van der Waals surface area contributed by atoms with Crippen LogP contribution >= 0.6 is 0 Å². The van der Waals surface area contributed by atoms with Gasteiger partial charge in [-0.1, -0.05) is 12.1 Å². The molecule has 84 valence electrons. The van der Waals surface area contributed by atoms with Crippen molar-refractivity contribution in [3.63, 3.8) is 0 Å². The molecule has 0 atom stereocenters. The minimum atomic E-state index is -0.458. The van der Waals surface area contributed by atoms with Crippen molar-refractivity contribution >= 4 is 12.2 Å². The molecule has 0 saturated carbocycles. The second kappa shape index (κ2) is 4.57. The fraction of sp³-hybridized carbons (Fsp3) is 0. The number of nitrogens with zero attached hydrogens (tertiary/aromatic N) is 1. The highest BCUT2D eigenvalue weighted by Crippen LogP contribution is 2.17. The standard InChI is InChI=1S/C13H10N2O2/c14-13(17)11-4-2-10(3-5-11)12-6-1-9(8-16)7-15-12/h1-8H,(H2,14,17). The molecule has 1 amide bonds. The van der Waals surface area contributed by atoms with Gasteiger partial charge in [-0.05, 0) is 24.3 Å². The Kier molecular flexibility index (Phi) is 2.96. The Balaban J connectivity index is 2.32. The first kappa shape index (κ1) is 11.0. The Labute approximate surface area is 98.1 Å². The Hall–Kier alpha value is -2.49. The minimum Gasteiger partial charge on any atom is -0.366 e. The van der Waals surface area contributed by atoms with Crippen molar-refractivity contribution in [2.75, 3.05) is 0 Å². The molecule has 1 aromatic carbocycles. The maximum atomic E-state index is 10.9. The molecule has 0 bridgehead atoms. The van der Waals surface area contributed by atoms with Crippen LogP contribution in [0.1, 0.15) is 20.7 Å². The zero-order valence-electron chi connectivity index (χ0n) is 8.96. The van der Waals surface area contributed by atoms with E-state index in [9.17, 15) is 9.59 Å². The Morgan fingerprint density at radius 1 is 1.12 bits per heavy atom. The van der Waals surface area contributed by atoms with Crippen LogP contribution in [-0.2, 0) is 0 Å². The summed E-state index contributed by atoms with van der Waals surface area (Å²) in [7, 11) is 0. The zero-order chi connectivity index (χ0) is 12.3. The summed E-state index contributed by atoms with van der Waals surface area (Å²) in [4.78, 5) is 25.5. The summed E-state index contributed by atoms with van der Waals surface area (Å²) >= 11 is 0. The molecule has 0 fully saturated rings. The molecule has 0 spiro atoms. The monoisotopic (exact) mass is 226 g/mol. The SMILES string of the molecule is NC(=O)c1ccc(-c2ccc(C=O)cn2)cc1. The average molecular weight is 226 g/mol. The van der Waals surface area contributed by atoms with Crippen molar-refractivity contribution in [1.29, 1.82) is 0 Å². The van der Waals surface area contributed by atoms with Crippen molar-refractivity contribution in [1.82, 2.24) is 4.98 Å². The summed E-state index contributed by atoms with van der Waals surface area (Å²) in [6.07, 6.45) is 2.25. The van der Waals surface area contributed by atoms with E-state index in [0.29, 0.717) is 11.1 Å². The maximum absolute atomic E-state index is 10.9. The molecule has 4 heteroatoms. The molecule has 2 aromatic rings. The fourth-order valence-corrected chi connectivity index (χ4v) is 1.45. The third kappa shape index (κ3) is 2.36. The van der Waals surface area contributed by atoms with Gasteiger partial charge in [-0.15, -0.1) is 0 Å². The predicted molar refractivity (Wildman–Crippen MR) is 63.6 cm³/mol. The summed E-state index contributed by atoms with van der Waals surface area (Å²) in [6.45, 7) is 0. The van der Waals surface area contributed by atoms with Gasteiger partial charge in [-0.3, -0.25) is 14.6 Å². The maximum Gasteiger partial charge on any atom is 0.248 e. The van der Waals surface area contributed by atoms with E-state index in [4.69, 9.17) is 5.73 Å². The molecule has 4 nitrogen and oxygen atoms in total. The number of pyridine rings is 1. The lowest BCUT2D eigenvalue weighted by Crippen LogP contribution is -2.10. The lowest BCUT2D eigenvalue weighted by atomic mass is 10.1. The van der Waals surface area contributed by atoms with Crippen molar-refractivity contribution in [3.05, 3.63) is 53.7 Å². The average Bonchev–Trinajstić information content (AvgIpc) is 2.39. The van der Waals surface area contributed by atoms with Crippen LogP contribution in [0.25, 0.3) is 11.3 Å². The summed E-state index contributed by atoms with van der Waals surface area (Å²) in [6, 6.07) is 10.3. The van der Waals surface area contributed by atoms with E-state index in [1.54, 1.807) is 36.4 Å². The van der Waals surface area contributed by atoms with Crippen molar-refractivity contribution in [2.45, 2.75) is 0 Å². The molecular formula is C13H10N2O2. The van der Waals surface area contributed by atoms with Crippen LogP contribution < -0.4 is 5.73 Å². The Morgan fingerprint density at radius 2 is 1.82 bits per heavy atom. The highest BCUT2D eigenvalue weighted by molar-refractivity contribution is 5.93. The van der Waals surface area contributed by atoms with Crippen LogP contribution in [0.4, 0.5) is 0 Å². The first-order valence-electron chi connectivity index (χ1n) is 5.02. The van der Waals surface area contributed by atoms with E-state index >= 15 is 0 Å². The third-order valence-corrected chi connectivity index (χ3v) is 2.39. The highest BCUT2D eigenvalue weighted by atomic mass is 16.1. The van der Waals surface area contributed by atoms with Crippen LogP contribution in [0.2, 0.25) is 0 Å². The molecular weight excluding hydrogens is 216 g/mol. The van der Waals surface area contributed by atoms with E-state index < -0.39 is 5.91 Å². The number of aldehydes is 1. The smallest absolute Gasteiger partial charge is 0.248 e. The molecule has 1 heterocycles. The quantitative estimate of drug-likeness (QED) is 0.809. The number of amides is 1. The van der Waals surface area contributed by atoms with E-state index in [0.717, 1.165) is 17.5 Å². The van der Waals surface area contributed by atoms with Crippen LogP contribution in [0.15, 0.2) is 42.6 Å². The van der Waals surface area contributed by atoms with Gasteiger partial charge in [0.1, 0.15) is 0 Å². The number of nitrogens with two attached hydrogens (primary N) is 1. The first-order chi connectivity index (χ1) is 8.20. The molecule has 0 unspecified atom stereocenters. The van der Waals surface area contributed by atoms with E-state index in [1.165, 1.54) is 6.20 Å². The zero-order valence-corrected chi connectivity index (χ0v) is 8.96. The molecule has 0 saturated heterocycles. The van der Waals surface area contributed by atoms with Crippen LogP contribution in [0, 0.1) is 0 Å². The van der Waals surface area contributed by atoms with E-state index in [-0.39, 0.29) is 0 Å². The number of rotatable bonds is 3. The summed E-state index contributed by atoms with van der Waals surface area (Å²) in [5, 5.41) is 0. The summed E-state index contributed by atoms with van der Waals surface area (Å²) < 4.78 is 0. The lowest BCUT2D eigenvalue weighted by Gasteiger charge is -2.01. The van der Waals surface area contributed by atoms with Crippen molar-refractivity contribution in [3.8, 4) is 11.3 Å². The van der Waals surface area contributed by atoms with Gasteiger partial charge in [0, 0.05) is 22.9 Å². The second-order valence-corrected chi connectivity index (χ2v) is 3.54. The van der Waals surface area contributed by atoms with Gasteiger partial charge in [0.25, 0.3) is 0 Å². The molecule has 2 N–H and O–H groups in total. The predicted octanol–water partition coefficient (Wildman–Crippen LogP) is 1.66.